The molecule has 1 aromatic heterocycles. The zero-order chi connectivity index (χ0) is 13.8. The molecular formula is C13H14ClFN4. The first-order chi connectivity index (χ1) is 9.10. The third-order valence-electron chi connectivity index (χ3n) is 2.82. The second-order valence-corrected chi connectivity index (χ2v) is 4.62. The van der Waals surface area contributed by atoms with Gasteiger partial charge >= 0.3 is 0 Å². The Morgan fingerprint density at radius 3 is 2.84 bits per heavy atom. The fraction of sp³-hybridized carbons (Fsp3) is 0.154. The van der Waals surface area contributed by atoms with Crippen molar-refractivity contribution in [2.75, 3.05) is 5.73 Å². The molecule has 2 rings (SSSR count). The van der Waals surface area contributed by atoms with Gasteiger partial charge in [0.15, 0.2) is 0 Å². The first-order valence-corrected chi connectivity index (χ1v) is 6.09. The lowest BCUT2D eigenvalue weighted by molar-refractivity contribution is 0.549. The van der Waals surface area contributed by atoms with Crippen LogP contribution in [0, 0.1) is 5.82 Å². The number of aromatic nitrogens is 1. The Hall–Kier alpha value is -1.69. The van der Waals surface area contributed by atoms with Gasteiger partial charge in [0.2, 0.25) is 0 Å². The number of hydrogen-bond acceptors (Lipinski definition) is 4. The average Bonchev–Trinajstić information content (AvgIpc) is 2.39. The SMILES string of the molecule is NNC(Cc1cccc(F)c1)c1cc(Cl)cnc1N. The van der Waals surface area contributed by atoms with Gasteiger partial charge in [0.1, 0.15) is 11.6 Å². The fourth-order valence-corrected chi connectivity index (χ4v) is 2.07. The van der Waals surface area contributed by atoms with E-state index in [1.54, 1.807) is 12.1 Å². The Morgan fingerprint density at radius 1 is 1.37 bits per heavy atom. The standard InChI is InChI=1S/C13H14ClFN4/c14-9-6-11(13(16)18-7-9)12(19-17)5-8-2-1-3-10(15)4-8/h1-4,6-7,12,19H,5,17H2,(H2,16,18). The van der Waals surface area contributed by atoms with Crippen LogP contribution in [0.15, 0.2) is 36.5 Å². The van der Waals surface area contributed by atoms with Crippen LogP contribution in [-0.2, 0) is 6.42 Å². The number of nitrogens with two attached hydrogens (primary N) is 2. The first-order valence-electron chi connectivity index (χ1n) is 5.71. The minimum Gasteiger partial charge on any atom is -0.383 e. The predicted octanol–water partition coefficient (Wildman–Crippen LogP) is 2.20. The summed E-state index contributed by atoms with van der Waals surface area (Å²) in [6.07, 6.45) is 1.95. The largest absolute Gasteiger partial charge is 0.383 e. The van der Waals surface area contributed by atoms with Gasteiger partial charge in [0.25, 0.3) is 0 Å². The van der Waals surface area contributed by atoms with E-state index >= 15 is 0 Å². The quantitative estimate of drug-likeness (QED) is 0.593. The van der Waals surface area contributed by atoms with Crippen molar-refractivity contribution in [2.45, 2.75) is 12.5 Å². The van der Waals surface area contributed by atoms with E-state index in [1.165, 1.54) is 18.3 Å². The molecule has 100 valence electrons. The lowest BCUT2D eigenvalue weighted by Gasteiger charge is -2.18. The van der Waals surface area contributed by atoms with E-state index in [-0.39, 0.29) is 11.9 Å². The molecule has 1 heterocycles. The number of halogens is 2. The van der Waals surface area contributed by atoms with Crippen molar-refractivity contribution in [1.82, 2.24) is 10.4 Å². The Morgan fingerprint density at radius 2 is 2.16 bits per heavy atom. The number of anilines is 1. The van der Waals surface area contributed by atoms with E-state index in [4.69, 9.17) is 23.2 Å². The van der Waals surface area contributed by atoms with Crippen molar-refractivity contribution in [3.8, 4) is 0 Å². The van der Waals surface area contributed by atoms with E-state index in [0.717, 1.165) is 5.56 Å². The maximum atomic E-state index is 13.2. The molecule has 0 saturated carbocycles. The maximum Gasteiger partial charge on any atom is 0.128 e. The molecule has 0 aliphatic rings. The highest BCUT2D eigenvalue weighted by atomic mass is 35.5. The monoisotopic (exact) mass is 280 g/mol. The van der Waals surface area contributed by atoms with Crippen LogP contribution in [-0.4, -0.2) is 4.98 Å². The van der Waals surface area contributed by atoms with E-state index < -0.39 is 0 Å². The molecule has 0 aliphatic heterocycles. The van der Waals surface area contributed by atoms with Crippen molar-refractivity contribution in [3.05, 3.63) is 58.5 Å². The number of hydrogen-bond donors (Lipinski definition) is 3. The summed E-state index contributed by atoms with van der Waals surface area (Å²) in [6, 6.07) is 7.74. The summed E-state index contributed by atoms with van der Waals surface area (Å²) in [5.41, 5.74) is 9.96. The van der Waals surface area contributed by atoms with E-state index in [1.807, 2.05) is 6.07 Å². The van der Waals surface area contributed by atoms with Crippen molar-refractivity contribution < 1.29 is 4.39 Å². The molecule has 4 nitrogen and oxygen atoms in total. The van der Waals surface area contributed by atoms with Crippen LogP contribution in [0.5, 0.6) is 0 Å². The molecule has 1 aromatic carbocycles. The summed E-state index contributed by atoms with van der Waals surface area (Å²) in [7, 11) is 0. The molecule has 0 spiro atoms. The van der Waals surface area contributed by atoms with Gasteiger partial charge in [-0.25, -0.2) is 9.37 Å². The highest BCUT2D eigenvalue weighted by molar-refractivity contribution is 6.30. The molecule has 2 aromatic rings. The Labute approximate surface area is 115 Å². The molecule has 5 N–H and O–H groups in total. The Kier molecular flexibility index (Phi) is 4.31. The zero-order valence-electron chi connectivity index (χ0n) is 10.1. The van der Waals surface area contributed by atoms with Gasteiger partial charge in [-0.15, -0.1) is 0 Å². The fourth-order valence-electron chi connectivity index (χ4n) is 1.90. The second kappa shape index (κ2) is 5.97. The topological polar surface area (TPSA) is 77.0 Å². The van der Waals surface area contributed by atoms with Gasteiger partial charge in [-0.2, -0.15) is 0 Å². The zero-order valence-corrected chi connectivity index (χ0v) is 10.9. The number of nitrogens with one attached hydrogen (secondary N) is 1. The van der Waals surface area contributed by atoms with Crippen LogP contribution in [0.2, 0.25) is 5.02 Å². The van der Waals surface area contributed by atoms with Crippen LogP contribution >= 0.6 is 11.6 Å². The number of benzene rings is 1. The normalized spacial score (nSPS) is 12.4. The highest BCUT2D eigenvalue weighted by Gasteiger charge is 2.15. The summed E-state index contributed by atoms with van der Waals surface area (Å²) in [4.78, 5) is 3.98. The van der Waals surface area contributed by atoms with Crippen LogP contribution in [0.1, 0.15) is 17.2 Å². The van der Waals surface area contributed by atoms with Gasteiger partial charge in [-0.3, -0.25) is 11.3 Å². The molecule has 1 unspecified atom stereocenters. The van der Waals surface area contributed by atoms with Crippen molar-refractivity contribution in [3.63, 3.8) is 0 Å². The third kappa shape index (κ3) is 3.41. The van der Waals surface area contributed by atoms with Crippen LogP contribution in [0.4, 0.5) is 10.2 Å². The van der Waals surface area contributed by atoms with Gasteiger partial charge in [-0.05, 0) is 30.2 Å². The number of nitrogens with zero attached hydrogens (tertiary/aromatic N) is 1. The smallest absolute Gasteiger partial charge is 0.128 e. The lowest BCUT2D eigenvalue weighted by atomic mass is 10.00. The summed E-state index contributed by atoms with van der Waals surface area (Å²) < 4.78 is 13.2. The third-order valence-corrected chi connectivity index (χ3v) is 3.03. The molecule has 0 radical (unpaired) electrons. The summed E-state index contributed by atoms with van der Waals surface area (Å²) >= 11 is 5.90. The minimum absolute atomic E-state index is 0.284. The second-order valence-electron chi connectivity index (χ2n) is 4.18. The summed E-state index contributed by atoms with van der Waals surface area (Å²) in [5, 5.41) is 0.476. The molecule has 1 atom stereocenters. The average molecular weight is 281 g/mol. The Bertz CT molecular complexity index is 576. The molecule has 0 amide bonds. The van der Waals surface area contributed by atoms with Crippen LogP contribution < -0.4 is 17.0 Å². The lowest BCUT2D eigenvalue weighted by Crippen LogP contribution is -2.30. The molecule has 19 heavy (non-hydrogen) atoms. The molecule has 0 aliphatic carbocycles. The van der Waals surface area contributed by atoms with Crippen LogP contribution in [0.25, 0.3) is 0 Å². The number of rotatable bonds is 4. The summed E-state index contributed by atoms with van der Waals surface area (Å²) in [5.74, 6) is 5.60. The van der Waals surface area contributed by atoms with E-state index in [2.05, 4.69) is 10.4 Å². The minimum atomic E-state index is -0.287. The predicted molar refractivity (Wildman–Crippen MR) is 73.8 cm³/mol. The van der Waals surface area contributed by atoms with Gasteiger partial charge in [0.05, 0.1) is 11.1 Å². The van der Waals surface area contributed by atoms with Crippen molar-refractivity contribution >= 4 is 17.4 Å². The van der Waals surface area contributed by atoms with Crippen LogP contribution in [0.3, 0.4) is 0 Å². The Balaban J connectivity index is 2.27. The molecule has 0 bridgehead atoms. The first kappa shape index (κ1) is 13.7. The summed E-state index contributed by atoms with van der Waals surface area (Å²) in [6.45, 7) is 0. The molecular weight excluding hydrogens is 267 g/mol. The number of nitrogen functional groups attached to an aromatic ring is 1. The van der Waals surface area contributed by atoms with Crippen molar-refractivity contribution in [1.29, 1.82) is 0 Å². The number of pyridine rings is 1. The molecule has 0 fully saturated rings. The molecule has 0 saturated heterocycles. The van der Waals surface area contributed by atoms with Gasteiger partial charge in [-0.1, -0.05) is 23.7 Å². The van der Waals surface area contributed by atoms with E-state index in [9.17, 15) is 4.39 Å². The van der Waals surface area contributed by atoms with Gasteiger partial charge in [0, 0.05) is 11.8 Å². The van der Waals surface area contributed by atoms with Gasteiger partial charge < -0.3 is 5.73 Å². The van der Waals surface area contributed by atoms with Crippen molar-refractivity contribution in [2.24, 2.45) is 5.84 Å². The van der Waals surface area contributed by atoms with E-state index in [0.29, 0.717) is 22.8 Å². The molecule has 6 heteroatoms. The highest BCUT2D eigenvalue weighted by Crippen LogP contribution is 2.24. The maximum absolute atomic E-state index is 13.2. The number of hydrazine groups is 1.